The minimum atomic E-state index is -0.284. The van der Waals surface area contributed by atoms with E-state index in [1.165, 1.54) is 18.5 Å². The summed E-state index contributed by atoms with van der Waals surface area (Å²) in [4.78, 5) is 8.26. The summed E-state index contributed by atoms with van der Waals surface area (Å²) in [6.45, 7) is 5.44. The Hall–Kier alpha value is -1.75. The lowest BCUT2D eigenvalue weighted by Gasteiger charge is -2.10. The van der Waals surface area contributed by atoms with Gasteiger partial charge in [-0.25, -0.2) is 14.4 Å². The van der Waals surface area contributed by atoms with E-state index in [4.69, 9.17) is 4.74 Å². The Bertz CT molecular complexity index is 545. The van der Waals surface area contributed by atoms with E-state index in [0.29, 0.717) is 17.8 Å². The van der Waals surface area contributed by atoms with E-state index in [2.05, 4.69) is 15.3 Å². The molecule has 1 heterocycles. The van der Waals surface area contributed by atoms with Crippen molar-refractivity contribution in [3.05, 3.63) is 30.3 Å². The Balaban J connectivity index is 1.98. The van der Waals surface area contributed by atoms with E-state index in [1.807, 2.05) is 13.8 Å². The summed E-state index contributed by atoms with van der Waals surface area (Å²) < 4.78 is 18.7. The van der Waals surface area contributed by atoms with Crippen molar-refractivity contribution in [3.8, 4) is 0 Å². The average Bonchev–Trinajstić information content (AvgIpc) is 2.38. The van der Waals surface area contributed by atoms with Gasteiger partial charge in [0.15, 0.2) is 0 Å². The second-order valence-electron chi connectivity index (χ2n) is 4.58. The maximum atomic E-state index is 13.2. The van der Waals surface area contributed by atoms with Crippen LogP contribution >= 0.6 is 0 Å². The van der Waals surface area contributed by atoms with Crippen molar-refractivity contribution in [2.45, 2.75) is 26.4 Å². The van der Waals surface area contributed by atoms with Gasteiger partial charge in [-0.15, -0.1) is 0 Å². The van der Waals surface area contributed by atoms with Gasteiger partial charge in [0, 0.05) is 18.5 Å². The SMILES string of the molecule is CC(C)OCCCNc1ncnc2ccc(F)cc12. The zero-order valence-corrected chi connectivity index (χ0v) is 11.2. The summed E-state index contributed by atoms with van der Waals surface area (Å²) >= 11 is 0. The zero-order valence-electron chi connectivity index (χ0n) is 11.2. The van der Waals surface area contributed by atoms with Crippen molar-refractivity contribution in [1.82, 2.24) is 9.97 Å². The first-order valence-corrected chi connectivity index (χ1v) is 6.42. The number of aromatic nitrogens is 2. The van der Waals surface area contributed by atoms with Crippen LogP contribution in [-0.4, -0.2) is 29.2 Å². The maximum absolute atomic E-state index is 13.2. The molecule has 1 aromatic heterocycles. The molecule has 0 aliphatic carbocycles. The van der Waals surface area contributed by atoms with Gasteiger partial charge in [-0.2, -0.15) is 0 Å². The second-order valence-corrected chi connectivity index (χ2v) is 4.58. The molecule has 0 aliphatic heterocycles. The predicted octanol–water partition coefficient (Wildman–Crippen LogP) is 3.00. The highest BCUT2D eigenvalue weighted by Gasteiger charge is 2.04. The number of hydrogen-bond donors (Lipinski definition) is 1. The molecule has 1 aromatic carbocycles. The molecule has 0 spiro atoms. The van der Waals surface area contributed by atoms with Crippen LogP contribution in [-0.2, 0) is 4.74 Å². The molecule has 0 unspecified atom stereocenters. The summed E-state index contributed by atoms with van der Waals surface area (Å²) in [5, 5.41) is 3.89. The normalized spacial score (nSPS) is 11.2. The molecule has 102 valence electrons. The van der Waals surface area contributed by atoms with E-state index >= 15 is 0 Å². The minimum Gasteiger partial charge on any atom is -0.379 e. The van der Waals surface area contributed by atoms with Crippen molar-refractivity contribution in [1.29, 1.82) is 0 Å². The number of hydrogen-bond acceptors (Lipinski definition) is 4. The van der Waals surface area contributed by atoms with E-state index in [1.54, 1.807) is 6.07 Å². The Kier molecular flexibility index (Phi) is 4.63. The van der Waals surface area contributed by atoms with Gasteiger partial charge in [0.2, 0.25) is 0 Å². The topological polar surface area (TPSA) is 47.0 Å². The quantitative estimate of drug-likeness (QED) is 0.814. The van der Waals surface area contributed by atoms with Crippen LogP contribution in [0, 0.1) is 5.82 Å². The van der Waals surface area contributed by atoms with Crippen molar-refractivity contribution in [2.75, 3.05) is 18.5 Å². The van der Waals surface area contributed by atoms with Crippen molar-refractivity contribution in [2.24, 2.45) is 0 Å². The van der Waals surface area contributed by atoms with Gasteiger partial charge in [-0.05, 0) is 38.5 Å². The highest BCUT2D eigenvalue weighted by molar-refractivity contribution is 5.88. The smallest absolute Gasteiger partial charge is 0.137 e. The van der Waals surface area contributed by atoms with Gasteiger partial charge < -0.3 is 10.1 Å². The Labute approximate surface area is 112 Å². The third kappa shape index (κ3) is 3.86. The van der Waals surface area contributed by atoms with Crippen molar-refractivity contribution in [3.63, 3.8) is 0 Å². The monoisotopic (exact) mass is 263 g/mol. The zero-order chi connectivity index (χ0) is 13.7. The van der Waals surface area contributed by atoms with E-state index in [9.17, 15) is 4.39 Å². The Morgan fingerprint density at radius 2 is 2.16 bits per heavy atom. The number of nitrogens with zero attached hydrogens (tertiary/aromatic N) is 2. The third-order valence-electron chi connectivity index (χ3n) is 2.66. The predicted molar refractivity (Wildman–Crippen MR) is 73.7 cm³/mol. The fourth-order valence-corrected chi connectivity index (χ4v) is 1.77. The van der Waals surface area contributed by atoms with Gasteiger partial charge in [-0.3, -0.25) is 0 Å². The first-order valence-electron chi connectivity index (χ1n) is 6.42. The Morgan fingerprint density at radius 3 is 2.95 bits per heavy atom. The maximum Gasteiger partial charge on any atom is 0.137 e. The fourth-order valence-electron chi connectivity index (χ4n) is 1.77. The summed E-state index contributed by atoms with van der Waals surface area (Å²) in [5.41, 5.74) is 0.734. The van der Waals surface area contributed by atoms with Crippen molar-refractivity contribution >= 4 is 16.7 Å². The minimum absolute atomic E-state index is 0.244. The summed E-state index contributed by atoms with van der Waals surface area (Å²) in [5.74, 6) is 0.377. The molecule has 0 amide bonds. The molecule has 0 atom stereocenters. The molecular weight excluding hydrogens is 245 g/mol. The van der Waals surface area contributed by atoms with Gasteiger partial charge >= 0.3 is 0 Å². The summed E-state index contributed by atoms with van der Waals surface area (Å²) in [7, 11) is 0. The third-order valence-corrected chi connectivity index (χ3v) is 2.66. The number of nitrogens with one attached hydrogen (secondary N) is 1. The van der Waals surface area contributed by atoms with Gasteiger partial charge in [0.1, 0.15) is 18.0 Å². The molecule has 19 heavy (non-hydrogen) atoms. The largest absolute Gasteiger partial charge is 0.379 e. The Morgan fingerprint density at radius 1 is 1.32 bits per heavy atom. The van der Waals surface area contributed by atoms with Crippen LogP contribution in [0.4, 0.5) is 10.2 Å². The summed E-state index contributed by atoms with van der Waals surface area (Å²) in [6.07, 6.45) is 2.60. The summed E-state index contributed by atoms with van der Waals surface area (Å²) in [6, 6.07) is 4.50. The molecule has 2 rings (SSSR count). The number of ether oxygens (including phenoxy) is 1. The highest BCUT2D eigenvalue weighted by atomic mass is 19.1. The van der Waals surface area contributed by atoms with Gasteiger partial charge in [-0.1, -0.05) is 0 Å². The lowest BCUT2D eigenvalue weighted by molar-refractivity contribution is 0.0787. The molecule has 1 N–H and O–H groups in total. The molecule has 0 aliphatic rings. The van der Waals surface area contributed by atoms with Crippen LogP contribution < -0.4 is 5.32 Å². The molecular formula is C14H18FN3O. The lowest BCUT2D eigenvalue weighted by atomic mass is 10.2. The average molecular weight is 263 g/mol. The fraction of sp³-hybridized carbons (Fsp3) is 0.429. The molecule has 0 saturated heterocycles. The van der Waals surface area contributed by atoms with E-state index in [0.717, 1.165) is 18.5 Å². The van der Waals surface area contributed by atoms with Crippen LogP contribution in [0.2, 0.25) is 0 Å². The van der Waals surface area contributed by atoms with Gasteiger partial charge in [0.05, 0.1) is 11.6 Å². The first kappa shape index (κ1) is 13.7. The van der Waals surface area contributed by atoms with Gasteiger partial charge in [0.25, 0.3) is 0 Å². The number of anilines is 1. The number of halogens is 1. The molecule has 0 bridgehead atoms. The highest BCUT2D eigenvalue weighted by Crippen LogP contribution is 2.19. The van der Waals surface area contributed by atoms with Crippen LogP contribution in [0.1, 0.15) is 20.3 Å². The molecule has 2 aromatic rings. The number of rotatable bonds is 6. The molecule has 0 saturated carbocycles. The second kappa shape index (κ2) is 6.43. The standard InChI is InChI=1S/C14H18FN3O/c1-10(2)19-7-3-6-16-14-12-8-11(15)4-5-13(12)17-9-18-14/h4-5,8-10H,3,6-7H2,1-2H3,(H,16,17,18). The number of fused-ring (bicyclic) bond motifs is 1. The van der Waals surface area contributed by atoms with Crippen LogP contribution in [0.5, 0.6) is 0 Å². The van der Waals surface area contributed by atoms with Crippen molar-refractivity contribution < 1.29 is 9.13 Å². The first-order chi connectivity index (χ1) is 9.16. The molecule has 5 heteroatoms. The van der Waals surface area contributed by atoms with E-state index in [-0.39, 0.29) is 11.9 Å². The van der Waals surface area contributed by atoms with E-state index < -0.39 is 0 Å². The van der Waals surface area contributed by atoms with Crippen LogP contribution in [0.25, 0.3) is 10.9 Å². The number of benzene rings is 1. The molecule has 4 nitrogen and oxygen atoms in total. The molecule has 0 fully saturated rings. The van der Waals surface area contributed by atoms with Crippen LogP contribution in [0.15, 0.2) is 24.5 Å². The lowest BCUT2D eigenvalue weighted by Crippen LogP contribution is -2.10. The molecule has 0 radical (unpaired) electrons. The van der Waals surface area contributed by atoms with Crippen LogP contribution in [0.3, 0.4) is 0 Å².